The number of carbonyl (C=O) groups excluding carboxylic acids is 1. The Bertz CT molecular complexity index is 637. The normalized spacial score (nSPS) is 10.2. The Morgan fingerprint density at radius 3 is 2.29 bits per heavy atom. The topological polar surface area (TPSA) is 65.2 Å². The van der Waals surface area contributed by atoms with E-state index in [0.717, 1.165) is 24.5 Å². The first-order valence-electron chi connectivity index (χ1n) is 6.99. The Kier molecular flexibility index (Phi) is 4.77. The Hall–Kier alpha value is -2.56. The van der Waals surface area contributed by atoms with E-state index >= 15 is 0 Å². The molecule has 0 fully saturated rings. The van der Waals surface area contributed by atoms with Crippen molar-refractivity contribution in [3.05, 3.63) is 58.5 Å². The van der Waals surface area contributed by atoms with Crippen LogP contribution in [0.25, 0.3) is 0 Å². The standard InChI is InChI=1S/C16H19N3O2/c1-3-19(4-2)14-8-6-13(7-9-14)18-16(21)12-5-10-15(20)17-11-12/h5-11H,3-4H2,1-2H3,(H,17,20)(H,18,21). The molecule has 0 radical (unpaired) electrons. The smallest absolute Gasteiger partial charge is 0.257 e. The number of aromatic amines is 1. The number of aromatic nitrogens is 1. The van der Waals surface area contributed by atoms with Crippen LogP contribution in [0.15, 0.2) is 47.4 Å². The Labute approximate surface area is 123 Å². The van der Waals surface area contributed by atoms with E-state index in [1.807, 2.05) is 24.3 Å². The lowest BCUT2D eigenvalue weighted by molar-refractivity contribution is 0.102. The minimum Gasteiger partial charge on any atom is -0.372 e. The molecule has 0 unspecified atom stereocenters. The number of hydrogen-bond acceptors (Lipinski definition) is 3. The quantitative estimate of drug-likeness (QED) is 0.887. The third kappa shape index (κ3) is 3.72. The highest BCUT2D eigenvalue weighted by Crippen LogP contribution is 2.18. The van der Waals surface area contributed by atoms with Crippen molar-refractivity contribution >= 4 is 17.3 Å². The average Bonchev–Trinajstić information content (AvgIpc) is 2.51. The van der Waals surface area contributed by atoms with Crippen molar-refractivity contribution in [3.8, 4) is 0 Å². The van der Waals surface area contributed by atoms with Gasteiger partial charge in [-0.3, -0.25) is 9.59 Å². The van der Waals surface area contributed by atoms with Gasteiger partial charge >= 0.3 is 0 Å². The molecule has 1 aromatic carbocycles. The maximum atomic E-state index is 12.0. The van der Waals surface area contributed by atoms with Crippen LogP contribution in [0.3, 0.4) is 0 Å². The highest BCUT2D eigenvalue weighted by Gasteiger charge is 2.07. The summed E-state index contributed by atoms with van der Waals surface area (Å²) in [5.41, 5.74) is 2.04. The lowest BCUT2D eigenvalue weighted by atomic mass is 10.2. The first-order valence-corrected chi connectivity index (χ1v) is 6.99. The molecule has 0 atom stereocenters. The van der Waals surface area contributed by atoms with Gasteiger partial charge in [0, 0.05) is 36.7 Å². The van der Waals surface area contributed by atoms with Gasteiger partial charge in [0.1, 0.15) is 0 Å². The second-order valence-corrected chi connectivity index (χ2v) is 4.61. The molecular formula is C16H19N3O2. The number of hydrogen-bond donors (Lipinski definition) is 2. The van der Waals surface area contributed by atoms with Crippen LogP contribution in [-0.2, 0) is 0 Å². The molecule has 1 aromatic heterocycles. The van der Waals surface area contributed by atoms with E-state index in [9.17, 15) is 9.59 Å². The number of amides is 1. The molecule has 0 saturated heterocycles. The summed E-state index contributed by atoms with van der Waals surface area (Å²) < 4.78 is 0. The van der Waals surface area contributed by atoms with E-state index in [4.69, 9.17) is 0 Å². The fraction of sp³-hybridized carbons (Fsp3) is 0.250. The molecule has 0 aliphatic carbocycles. The minimum atomic E-state index is -0.248. The molecule has 2 aromatic rings. The fourth-order valence-corrected chi connectivity index (χ4v) is 2.10. The SMILES string of the molecule is CCN(CC)c1ccc(NC(=O)c2ccc(=O)[nH]c2)cc1. The second-order valence-electron chi connectivity index (χ2n) is 4.61. The highest BCUT2D eigenvalue weighted by molar-refractivity contribution is 6.04. The van der Waals surface area contributed by atoms with Crippen molar-refractivity contribution in [2.75, 3.05) is 23.3 Å². The Balaban J connectivity index is 2.08. The summed E-state index contributed by atoms with van der Waals surface area (Å²) in [4.78, 5) is 27.7. The molecule has 1 heterocycles. The summed E-state index contributed by atoms with van der Waals surface area (Å²) in [5.74, 6) is -0.248. The van der Waals surface area contributed by atoms with Crippen molar-refractivity contribution in [2.45, 2.75) is 13.8 Å². The summed E-state index contributed by atoms with van der Waals surface area (Å²) in [6.07, 6.45) is 1.40. The number of benzene rings is 1. The Morgan fingerprint density at radius 2 is 1.76 bits per heavy atom. The maximum Gasteiger partial charge on any atom is 0.257 e. The number of carbonyl (C=O) groups is 1. The van der Waals surface area contributed by atoms with Gasteiger partial charge in [-0.15, -0.1) is 0 Å². The van der Waals surface area contributed by atoms with Gasteiger partial charge in [0.2, 0.25) is 5.56 Å². The van der Waals surface area contributed by atoms with Crippen molar-refractivity contribution in [1.82, 2.24) is 4.98 Å². The number of anilines is 2. The molecule has 0 spiro atoms. The highest BCUT2D eigenvalue weighted by atomic mass is 16.1. The molecule has 0 aliphatic heterocycles. The van der Waals surface area contributed by atoms with Gasteiger partial charge in [0.15, 0.2) is 0 Å². The molecular weight excluding hydrogens is 266 g/mol. The van der Waals surface area contributed by atoms with Crippen LogP contribution in [0.5, 0.6) is 0 Å². The van der Waals surface area contributed by atoms with Crippen molar-refractivity contribution in [1.29, 1.82) is 0 Å². The van der Waals surface area contributed by atoms with Crippen LogP contribution in [-0.4, -0.2) is 24.0 Å². The van der Waals surface area contributed by atoms with Gasteiger partial charge in [-0.1, -0.05) is 0 Å². The zero-order valence-corrected chi connectivity index (χ0v) is 12.2. The summed E-state index contributed by atoms with van der Waals surface area (Å²) in [6.45, 7) is 6.10. The first-order chi connectivity index (χ1) is 10.1. The van der Waals surface area contributed by atoms with Crippen LogP contribution < -0.4 is 15.8 Å². The van der Waals surface area contributed by atoms with E-state index in [1.165, 1.54) is 18.3 Å². The molecule has 1 amide bonds. The van der Waals surface area contributed by atoms with Gasteiger partial charge in [0.25, 0.3) is 5.91 Å². The average molecular weight is 285 g/mol. The number of nitrogens with zero attached hydrogens (tertiary/aromatic N) is 1. The lowest BCUT2D eigenvalue weighted by Gasteiger charge is -2.21. The summed E-state index contributed by atoms with van der Waals surface area (Å²) in [6, 6.07) is 10.5. The zero-order valence-electron chi connectivity index (χ0n) is 12.2. The van der Waals surface area contributed by atoms with Gasteiger partial charge in [-0.25, -0.2) is 0 Å². The van der Waals surface area contributed by atoms with Crippen molar-refractivity contribution in [2.24, 2.45) is 0 Å². The summed E-state index contributed by atoms with van der Waals surface area (Å²) in [7, 11) is 0. The largest absolute Gasteiger partial charge is 0.372 e. The fourth-order valence-electron chi connectivity index (χ4n) is 2.10. The summed E-state index contributed by atoms with van der Waals surface area (Å²) in [5, 5.41) is 2.80. The molecule has 5 heteroatoms. The monoisotopic (exact) mass is 285 g/mol. The molecule has 5 nitrogen and oxygen atoms in total. The van der Waals surface area contributed by atoms with Crippen LogP contribution >= 0.6 is 0 Å². The van der Waals surface area contributed by atoms with Crippen LogP contribution in [0, 0.1) is 0 Å². The molecule has 110 valence electrons. The molecule has 2 N–H and O–H groups in total. The zero-order chi connectivity index (χ0) is 15.2. The second kappa shape index (κ2) is 6.74. The number of H-pyrrole nitrogens is 1. The number of pyridine rings is 1. The van der Waals surface area contributed by atoms with E-state index in [2.05, 4.69) is 29.0 Å². The number of nitrogens with one attached hydrogen (secondary N) is 2. The molecule has 0 bridgehead atoms. The van der Waals surface area contributed by atoms with E-state index in [1.54, 1.807) is 0 Å². The van der Waals surface area contributed by atoms with Gasteiger partial charge in [0.05, 0.1) is 5.56 Å². The summed E-state index contributed by atoms with van der Waals surface area (Å²) >= 11 is 0. The van der Waals surface area contributed by atoms with Gasteiger partial charge in [-0.2, -0.15) is 0 Å². The third-order valence-corrected chi connectivity index (χ3v) is 3.30. The Morgan fingerprint density at radius 1 is 1.10 bits per heavy atom. The van der Waals surface area contributed by atoms with E-state index < -0.39 is 0 Å². The van der Waals surface area contributed by atoms with Crippen LogP contribution in [0.1, 0.15) is 24.2 Å². The van der Waals surface area contributed by atoms with Crippen LogP contribution in [0.2, 0.25) is 0 Å². The minimum absolute atomic E-state index is 0.227. The molecule has 21 heavy (non-hydrogen) atoms. The van der Waals surface area contributed by atoms with E-state index in [0.29, 0.717) is 5.56 Å². The predicted molar refractivity (Wildman–Crippen MR) is 85.0 cm³/mol. The third-order valence-electron chi connectivity index (χ3n) is 3.30. The van der Waals surface area contributed by atoms with Gasteiger partial charge in [-0.05, 0) is 44.2 Å². The van der Waals surface area contributed by atoms with Crippen molar-refractivity contribution in [3.63, 3.8) is 0 Å². The maximum absolute atomic E-state index is 12.0. The lowest BCUT2D eigenvalue weighted by Crippen LogP contribution is -2.21. The molecule has 2 rings (SSSR count). The molecule has 0 aliphatic rings. The van der Waals surface area contributed by atoms with E-state index in [-0.39, 0.29) is 11.5 Å². The predicted octanol–water partition coefficient (Wildman–Crippen LogP) is 2.47. The van der Waals surface area contributed by atoms with Crippen LogP contribution in [0.4, 0.5) is 11.4 Å². The van der Waals surface area contributed by atoms with Gasteiger partial charge < -0.3 is 15.2 Å². The van der Waals surface area contributed by atoms with Crippen molar-refractivity contribution < 1.29 is 4.79 Å². The molecule has 0 saturated carbocycles. The first kappa shape index (κ1) is 14.8. The number of rotatable bonds is 5.